The molecule has 0 heterocycles. The molecule has 0 fully saturated rings. The van der Waals surface area contributed by atoms with Gasteiger partial charge in [-0.3, -0.25) is 5.43 Å². The van der Waals surface area contributed by atoms with Gasteiger partial charge in [0.2, 0.25) is 0 Å². The molecule has 2 aromatic rings. The van der Waals surface area contributed by atoms with E-state index in [0.717, 1.165) is 26.9 Å². The first-order valence-corrected chi connectivity index (χ1v) is 7.68. The Kier molecular flexibility index (Phi) is 5.47. The quantitative estimate of drug-likeness (QED) is 0.483. The maximum absolute atomic E-state index is 5.25. The molecule has 21 heavy (non-hydrogen) atoms. The van der Waals surface area contributed by atoms with Crippen molar-refractivity contribution >= 4 is 45.2 Å². The van der Waals surface area contributed by atoms with Gasteiger partial charge in [-0.1, -0.05) is 46.3 Å². The Morgan fingerprint density at radius 2 is 1.71 bits per heavy atom. The number of nitrogens with one attached hydrogen (secondary N) is 2. The minimum atomic E-state index is 0.473. The molecule has 0 saturated heterocycles. The molecule has 2 rings (SSSR count). The van der Waals surface area contributed by atoms with Gasteiger partial charge in [0.25, 0.3) is 0 Å². The summed E-state index contributed by atoms with van der Waals surface area (Å²) in [7, 11) is 0. The largest absolute Gasteiger partial charge is 0.331 e. The first kappa shape index (κ1) is 15.7. The van der Waals surface area contributed by atoms with Crippen LogP contribution in [0.2, 0.25) is 0 Å². The lowest BCUT2D eigenvalue weighted by Crippen LogP contribution is -2.24. The molecule has 2 N–H and O–H groups in total. The number of hydrogen-bond donors (Lipinski definition) is 2. The molecular weight excluding hydrogens is 346 g/mol. The van der Waals surface area contributed by atoms with Gasteiger partial charge in [0.05, 0.1) is 6.21 Å². The number of hydrazone groups is 1. The summed E-state index contributed by atoms with van der Waals surface area (Å²) in [5, 5.41) is 7.78. The van der Waals surface area contributed by atoms with E-state index in [4.69, 9.17) is 12.2 Å². The predicted molar refractivity (Wildman–Crippen MR) is 97.0 cm³/mol. The van der Waals surface area contributed by atoms with Crippen molar-refractivity contribution < 1.29 is 0 Å². The van der Waals surface area contributed by atoms with E-state index in [9.17, 15) is 0 Å². The van der Waals surface area contributed by atoms with Crippen molar-refractivity contribution in [3.8, 4) is 0 Å². The van der Waals surface area contributed by atoms with Gasteiger partial charge in [0.15, 0.2) is 5.11 Å². The van der Waals surface area contributed by atoms with Crippen LogP contribution >= 0.6 is 28.1 Å². The molecule has 3 nitrogen and oxygen atoms in total. The number of para-hydroxylation sites is 1. The summed E-state index contributed by atoms with van der Waals surface area (Å²) in [5.41, 5.74) is 7.15. The van der Waals surface area contributed by atoms with Gasteiger partial charge in [0.1, 0.15) is 0 Å². The van der Waals surface area contributed by atoms with Crippen molar-refractivity contribution in [2.24, 2.45) is 5.10 Å². The van der Waals surface area contributed by atoms with Crippen LogP contribution in [0.3, 0.4) is 0 Å². The van der Waals surface area contributed by atoms with Gasteiger partial charge in [-0.15, -0.1) is 0 Å². The number of halogens is 1. The normalized spacial score (nSPS) is 10.6. The Labute approximate surface area is 138 Å². The van der Waals surface area contributed by atoms with Crippen molar-refractivity contribution in [3.05, 3.63) is 63.6 Å². The molecule has 0 atom stereocenters. The molecule has 0 unspecified atom stereocenters. The van der Waals surface area contributed by atoms with Crippen LogP contribution in [0.25, 0.3) is 0 Å². The number of rotatable bonds is 3. The maximum Gasteiger partial charge on any atom is 0.191 e. The Morgan fingerprint density at radius 1 is 1.10 bits per heavy atom. The highest BCUT2D eigenvalue weighted by atomic mass is 79.9. The van der Waals surface area contributed by atoms with E-state index in [-0.39, 0.29) is 0 Å². The molecule has 0 radical (unpaired) electrons. The van der Waals surface area contributed by atoms with Crippen LogP contribution in [0.4, 0.5) is 5.69 Å². The van der Waals surface area contributed by atoms with Crippen LogP contribution in [-0.4, -0.2) is 11.3 Å². The van der Waals surface area contributed by atoms with Crippen LogP contribution < -0.4 is 10.7 Å². The molecule has 2 aromatic carbocycles. The average molecular weight is 362 g/mol. The lowest BCUT2D eigenvalue weighted by molar-refractivity contribution is 1.05. The fourth-order valence-corrected chi connectivity index (χ4v) is 2.29. The molecule has 0 aliphatic heterocycles. The van der Waals surface area contributed by atoms with Crippen LogP contribution in [0.15, 0.2) is 52.0 Å². The van der Waals surface area contributed by atoms with Crippen LogP contribution in [0.1, 0.15) is 16.7 Å². The second-order valence-corrected chi connectivity index (χ2v) is 5.97. The average Bonchev–Trinajstić information content (AvgIpc) is 2.45. The SMILES string of the molecule is Cc1cccc(C)c1NC(=S)N/N=C\c1ccc(Br)cc1. The summed E-state index contributed by atoms with van der Waals surface area (Å²) in [4.78, 5) is 0. The van der Waals surface area contributed by atoms with Crippen LogP contribution in [0, 0.1) is 13.8 Å². The lowest BCUT2D eigenvalue weighted by Gasteiger charge is -2.12. The van der Waals surface area contributed by atoms with Gasteiger partial charge in [-0.2, -0.15) is 5.10 Å². The highest BCUT2D eigenvalue weighted by Gasteiger charge is 2.03. The molecule has 0 aromatic heterocycles. The van der Waals surface area contributed by atoms with Gasteiger partial charge in [-0.25, -0.2) is 0 Å². The molecule has 5 heteroatoms. The zero-order chi connectivity index (χ0) is 15.2. The predicted octanol–water partition coefficient (Wildman–Crippen LogP) is 4.39. The fraction of sp³-hybridized carbons (Fsp3) is 0.125. The molecule has 0 amide bonds. The maximum atomic E-state index is 5.25. The van der Waals surface area contributed by atoms with Crippen LogP contribution in [0.5, 0.6) is 0 Å². The van der Waals surface area contributed by atoms with Crippen molar-refractivity contribution in [2.45, 2.75) is 13.8 Å². The molecule has 0 aliphatic rings. The summed E-state index contributed by atoms with van der Waals surface area (Å²) in [5.74, 6) is 0. The van der Waals surface area contributed by atoms with E-state index in [2.05, 4.69) is 31.8 Å². The van der Waals surface area contributed by atoms with E-state index in [1.165, 1.54) is 0 Å². The summed E-state index contributed by atoms with van der Waals surface area (Å²) in [6.45, 7) is 4.09. The molecule has 0 aliphatic carbocycles. The molecule has 108 valence electrons. The lowest BCUT2D eigenvalue weighted by atomic mass is 10.1. The van der Waals surface area contributed by atoms with E-state index < -0.39 is 0 Å². The van der Waals surface area contributed by atoms with Crippen molar-refractivity contribution in [1.29, 1.82) is 0 Å². The number of thiocarbonyl (C=S) groups is 1. The second-order valence-electron chi connectivity index (χ2n) is 4.64. The highest BCUT2D eigenvalue weighted by molar-refractivity contribution is 9.10. The second kappa shape index (κ2) is 7.33. The standard InChI is InChI=1S/C16H16BrN3S/c1-11-4-3-5-12(2)15(11)19-16(21)20-18-10-13-6-8-14(17)9-7-13/h3-10H,1-2H3,(H2,19,20,21)/b18-10-. The van der Waals surface area contributed by atoms with Crippen molar-refractivity contribution in [2.75, 3.05) is 5.32 Å². The van der Waals surface area contributed by atoms with Gasteiger partial charge < -0.3 is 5.32 Å². The van der Waals surface area contributed by atoms with E-state index >= 15 is 0 Å². The first-order valence-electron chi connectivity index (χ1n) is 6.48. The van der Waals surface area contributed by atoms with E-state index in [1.54, 1.807) is 6.21 Å². The number of aryl methyl sites for hydroxylation is 2. The van der Waals surface area contributed by atoms with E-state index in [1.807, 2.05) is 56.3 Å². The zero-order valence-electron chi connectivity index (χ0n) is 11.9. The number of anilines is 1. The molecular formula is C16H16BrN3S. The smallest absolute Gasteiger partial charge is 0.191 e. The fourth-order valence-electron chi connectivity index (χ4n) is 1.87. The van der Waals surface area contributed by atoms with Gasteiger partial charge in [-0.05, 0) is 54.9 Å². The molecule has 0 bridgehead atoms. The number of nitrogens with zero attached hydrogens (tertiary/aromatic N) is 1. The monoisotopic (exact) mass is 361 g/mol. The summed E-state index contributed by atoms with van der Waals surface area (Å²) in [6.07, 6.45) is 1.73. The summed E-state index contributed by atoms with van der Waals surface area (Å²) >= 11 is 8.64. The molecule has 0 saturated carbocycles. The first-order chi connectivity index (χ1) is 10.1. The minimum absolute atomic E-state index is 0.473. The van der Waals surface area contributed by atoms with Crippen molar-refractivity contribution in [1.82, 2.24) is 5.43 Å². The number of benzene rings is 2. The Bertz CT molecular complexity index is 645. The number of hydrogen-bond acceptors (Lipinski definition) is 2. The minimum Gasteiger partial charge on any atom is -0.331 e. The van der Waals surface area contributed by atoms with Gasteiger partial charge >= 0.3 is 0 Å². The summed E-state index contributed by atoms with van der Waals surface area (Å²) in [6, 6.07) is 14.0. The summed E-state index contributed by atoms with van der Waals surface area (Å²) < 4.78 is 1.04. The highest BCUT2D eigenvalue weighted by Crippen LogP contribution is 2.19. The third-order valence-corrected chi connectivity index (χ3v) is 3.69. The Balaban J connectivity index is 1.95. The zero-order valence-corrected chi connectivity index (χ0v) is 14.3. The third kappa shape index (κ3) is 4.65. The molecule has 0 spiro atoms. The third-order valence-electron chi connectivity index (χ3n) is 2.97. The van der Waals surface area contributed by atoms with Gasteiger partial charge in [0, 0.05) is 10.2 Å². The van der Waals surface area contributed by atoms with Crippen LogP contribution in [-0.2, 0) is 0 Å². The van der Waals surface area contributed by atoms with E-state index in [0.29, 0.717) is 5.11 Å². The Morgan fingerprint density at radius 3 is 2.33 bits per heavy atom. The topological polar surface area (TPSA) is 36.4 Å². The van der Waals surface area contributed by atoms with Crippen molar-refractivity contribution in [3.63, 3.8) is 0 Å². The Hall–Kier alpha value is -1.72.